The molecule has 1 aromatic heterocycles. The van der Waals surface area contributed by atoms with Crippen LogP contribution in [0.25, 0.3) is 11.0 Å². The third kappa shape index (κ3) is 2.42. The van der Waals surface area contributed by atoms with Gasteiger partial charge in [-0.2, -0.15) is 0 Å². The zero-order valence-electron chi connectivity index (χ0n) is 11.4. The first-order valence-electron chi connectivity index (χ1n) is 6.62. The van der Waals surface area contributed by atoms with Gasteiger partial charge in [0.15, 0.2) is 0 Å². The summed E-state index contributed by atoms with van der Waals surface area (Å²) < 4.78 is 5.98. The van der Waals surface area contributed by atoms with Crippen molar-refractivity contribution in [1.29, 1.82) is 0 Å². The number of hydrogen-bond donors (Lipinski definition) is 2. The molecule has 0 fully saturated rings. The van der Waals surface area contributed by atoms with Gasteiger partial charge in [0.1, 0.15) is 11.3 Å². The van der Waals surface area contributed by atoms with Crippen LogP contribution in [0, 0.1) is 12.8 Å². The highest BCUT2D eigenvalue weighted by atomic mass is 16.3. The molecule has 3 nitrogen and oxygen atoms in total. The van der Waals surface area contributed by atoms with Gasteiger partial charge in [0.05, 0.1) is 6.04 Å². The molecular weight excluding hydrogens is 224 g/mol. The average molecular weight is 246 g/mol. The highest BCUT2D eigenvalue weighted by molar-refractivity contribution is 5.81. The van der Waals surface area contributed by atoms with E-state index in [-0.39, 0.29) is 6.04 Å². The van der Waals surface area contributed by atoms with Gasteiger partial charge >= 0.3 is 0 Å². The van der Waals surface area contributed by atoms with Crippen LogP contribution in [0.15, 0.2) is 28.7 Å². The molecule has 3 N–H and O–H groups in total. The Morgan fingerprint density at radius 3 is 2.78 bits per heavy atom. The van der Waals surface area contributed by atoms with Gasteiger partial charge in [-0.3, -0.25) is 5.84 Å². The molecule has 0 bridgehead atoms. The molecule has 0 radical (unpaired) electrons. The summed E-state index contributed by atoms with van der Waals surface area (Å²) >= 11 is 0. The second kappa shape index (κ2) is 5.55. The largest absolute Gasteiger partial charge is 0.459 e. The number of aryl methyl sites for hydroxylation is 1. The summed E-state index contributed by atoms with van der Waals surface area (Å²) in [6.07, 6.45) is 2.28. The van der Waals surface area contributed by atoms with Crippen LogP contribution in [0.4, 0.5) is 0 Å². The molecule has 18 heavy (non-hydrogen) atoms. The molecule has 2 atom stereocenters. The Morgan fingerprint density at radius 1 is 1.39 bits per heavy atom. The molecule has 0 saturated heterocycles. The second-order valence-corrected chi connectivity index (χ2v) is 5.05. The van der Waals surface area contributed by atoms with Gasteiger partial charge in [-0.1, -0.05) is 38.5 Å². The van der Waals surface area contributed by atoms with Crippen LogP contribution in [0.3, 0.4) is 0 Å². The van der Waals surface area contributed by atoms with E-state index in [1.807, 2.05) is 0 Å². The second-order valence-electron chi connectivity index (χ2n) is 5.05. The van der Waals surface area contributed by atoms with Crippen molar-refractivity contribution in [3.05, 3.63) is 35.6 Å². The average Bonchev–Trinajstić information content (AvgIpc) is 2.75. The Labute approximate surface area is 108 Å². The van der Waals surface area contributed by atoms with Crippen LogP contribution in [-0.4, -0.2) is 0 Å². The number of nitrogens with two attached hydrogens (primary N) is 1. The minimum absolute atomic E-state index is 0.0803. The number of furan rings is 1. The summed E-state index contributed by atoms with van der Waals surface area (Å²) in [4.78, 5) is 0. The fraction of sp³-hybridized carbons (Fsp3) is 0.467. The van der Waals surface area contributed by atoms with Crippen molar-refractivity contribution in [3.63, 3.8) is 0 Å². The number of hydrogen-bond acceptors (Lipinski definition) is 3. The number of nitrogens with one attached hydrogen (secondary N) is 1. The number of hydrazine groups is 1. The van der Waals surface area contributed by atoms with Crippen molar-refractivity contribution in [3.8, 4) is 0 Å². The summed E-state index contributed by atoms with van der Waals surface area (Å²) in [6.45, 7) is 6.46. The summed E-state index contributed by atoms with van der Waals surface area (Å²) in [5.41, 5.74) is 5.02. The highest BCUT2D eigenvalue weighted by Crippen LogP contribution is 2.31. The van der Waals surface area contributed by atoms with E-state index in [0.717, 1.165) is 35.1 Å². The van der Waals surface area contributed by atoms with Crippen LogP contribution < -0.4 is 11.3 Å². The lowest BCUT2D eigenvalue weighted by molar-refractivity contribution is 0.320. The lowest BCUT2D eigenvalue weighted by Gasteiger charge is -2.20. The molecule has 2 unspecified atom stereocenters. The van der Waals surface area contributed by atoms with Gasteiger partial charge in [0, 0.05) is 5.39 Å². The number of benzene rings is 1. The van der Waals surface area contributed by atoms with Gasteiger partial charge < -0.3 is 4.42 Å². The van der Waals surface area contributed by atoms with Crippen LogP contribution >= 0.6 is 0 Å². The molecule has 1 aromatic carbocycles. The minimum Gasteiger partial charge on any atom is -0.459 e. The molecule has 3 heteroatoms. The Kier molecular flexibility index (Phi) is 4.04. The lowest BCUT2D eigenvalue weighted by Crippen LogP contribution is -2.32. The molecule has 0 amide bonds. The Bertz CT molecular complexity index is 518. The molecule has 2 aromatic rings. The van der Waals surface area contributed by atoms with Crippen LogP contribution in [0.2, 0.25) is 0 Å². The molecule has 0 aliphatic carbocycles. The van der Waals surface area contributed by atoms with E-state index in [9.17, 15) is 0 Å². The van der Waals surface area contributed by atoms with Crippen molar-refractivity contribution in [1.82, 2.24) is 5.43 Å². The smallest absolute Gasteiger partial charge is 0.137 e. The van der Waals surface area contributed by atoms with E-state index in [1.165, 1.54) is 0 Å². The predicted octanol–water partition coefficient (Wildman–Crippen LogP) is 3.68. The molecule has 0 aliphatic heterocycles. The van der Waals surface area contributed by atoms with Gasteiger partial charge in [-0.25, -0.2) is 5.43 Å². The Morgan fingerprint density at radius 2 is 2.17 bits per heavy atom. The number of fused-ring (bicyclic) bond motifs is 1. The van der Waals surface area contributed by atoms with Crippen LogP contribution in [-0.2, 0) is 0 Å². The monoisotopic (exact) mass is 246 g/mol. The maximum Gasteiger partial charge on any atom is 0.137 e. The molecule has 0 aliphatic rings. The van der Waals surface area contributed by atoms with E-state index in [4.69, 9.17) is 10.3 Å². The number of para-hydroxylation sites is 1. The van der Waals surface area contributed by atoms with E-state index in [1.54, 1.807) is 0 Å². The van der Waals surface area contributed by atoms with Crippen LogP contribution in [0.1, 0.15) is 44.1 Å². The SMILES string of the molecule is CCCC(C)C(NN)c1cc2cccc(C)c2o1. The van der Waals surface area contributed by atoms with Crippen molar-refractivity contribution in [2.24, 2.45) is 11.8 Å². The first-order valence-corrected chi connectivity index (χ1v) is 6.62. The molecular formula is C15H22N2O. The van der Waals surface area contributed by atoms with Gasteiger partial charge in [-0.05, 0) is 30.9 Å². The van der Waals surface area contributed by atoms with E-state index < -0.39 is 0 Å². The van der Waals surface area contributed by atoms with Crippen molar-refractivity contribution >= 4 is 11.0 Å². The third-order valence-corrected chi connectivity index (χ3v) is 3.56. The molecule has 1 heterocycles. The van der Waals surface area contributed by atoms with Crippen molar-refractivity contribution < 1.29 is 4.42 Å². The molecule has 0 spiro atoms. The first-order chi connectivity index (χ1) is 8.67. The minimum atomic E-state index is 0.0803. The fourth-order valence-corrected chi connectivity index (χ4v) is 2.53. The predicted molar refractivity (Wildman–Crippen MR) is 75.1 cm³/mol. The normalized spacial score (nSPS) is 14.9. The third-order valence-electron chi connectivity index (χ3n) is 3.56. The van der Waals surface area contributed by atoms with E-state index >= 15 is 0 Å². The summed E-state index contributed by atoms with van der Waals surface area (Å²) in [5, 5.41) is 1.15. The van der Waals surface area contributed by atoms with Crippen molar-refractivity contribution in [2.75, 3.05) is 0 Å². The summed E-state index contributed by atoms with van der Waals surface area (Å²) in [7, 11) is 0. The first kappa shape index (κ1) is 13.1. The fourth-order valence-electron chi connectivity index (χ4n) is 2.53. The maximum absolute atomic E-state index is 5.98. The van der Waals surface area contributed by atoms with Gasteiger partial charge in [-0.15, -0.1) is 0 Å². The molecule has 2 rings (SSSR count). The van der Waals surface area contributed by atoms with E-state index in [2.05, 4.69) is 50.5 Å². The quantitative estimate of drug-likeness (QED) is 0.625. The Hall–Kier alpha value is -1.32. The summed E-state index contributed by atoms with van der Waals surface area (Å²) in [6, 6.07) is 8.37. The Balaban J connectivity index is 2.37. The van der Waals surface area contributed by atoms with E-state index in [0.29, 0.717) is 5.92 Å². The molecule has 0 saturated carbocycles. The number of rotatable bonds is 5. The molecule has 98 valence electrons. The topological polar surface area (TPSA) is 51.2 Å². The lowest BCUT2D eigenvalue weighted by atomic mass is 9.95. The van der Waals surface area contributed by atoms with Crippen LogP contribution in [0.5, 0.6) is 0 Å². The summed E-state index contributed by atoms with van der Waals surface area (Å²) in [5.74, 6) is 7.08. The maximum atomic E-state index is 5.98. The standard InChI is InChI=1S/C15H22N2O/c1-4-6-10(2)14(17-16)13-9-12-8-5-7-11(3)15(12)18-13/h5,7-10,14,17H,4,6,16H2,1-3H3. The van der Waals surface area contributed by atoms with Crippen molar-refractivity contribution in [2.45, 2.75) is 39.7 Å². The zero-order valence-corrected chi connectivity index (χ0v) is 11.4. The zero-order chi connectivity index (χ0) is 13.1. The highest BCUT2D eigenvalue weighted by Gasteiger charge is 2.21. The van der Waals surface area contributed by atoms with Gasteiger partial charge in [0.2, 0.25) is 0 Å². The van der Waals surface area contributed by atoms with Gasteiger partial charge in [0.25, 0.3) is 0 Å².